The van der Waals surface area contributed by atoms with E-state index in [0.717, 1.165) is 38.5 Å². The molecule has 0 bridgehead atoms. The number of nitrogens with two attached hydrogens (primary N) is 1. The van der Waals surface area contributed by atoms with Gasteiger partial charge in [-0.3, -0.25) is 14.3 Å². The van der Waals surface area contributed by atoms with Crippen molar-refractivity contribution in [1.82, 2.24) is 24.7 Å². The van der Waals surface area contributed by atoms with Crippen molar-refractivity contribution >= 4 is 17.3 Å². The van der Waals surface area contributed by atoms with Crippen molar-refractivity contribution in [3.05, 3.63) is 41.9 Å². The van der Waals surface area contributed by atoms with Gasteiger partial charge in [0.05, 0.1) is 29.5 Å². The number of fused-ring (bicyclic) bond motifs is 1. The van der Waals surface area contributed by atoms with E-state index in [1.54, 1.807) is 23.0 Å². The smallest absolute Gasteiger partial charge is 0.272 e. The van der Waals surface area contributed by atoms with Gasteiger partial charge in [0.1, 0.15) is 24.0 Å². The highest BCUT2D eigenvalue weighted by molar-refractivity contribution is 6.00. The van der Waals surface area contributed by atoms with Crippen LogP contribution in [0.4, 0.5) is 8.78 Å². The van der Waals surface area contributed by atoms with Crippen molar-refractivity contribution in [3.8, 4) is 11.6 Å². The summed E-state index contributed by atoms with van der Waals surface area (Å²) in [7, 11) is 0. The second-order valence-corrected chi connectivity index (χ2v) is 10.1. The number of nitrogens with one attached hydrogen (secondary N) is 1. The van der Waals surface area contributed by atoms with Crippen LogP contribution in [0.5, 0.6) is 11.6 Å². The van der Waals surface area contributed by atoms with Crippen LogP contribution in [0.3, 0.4) is 0 Å². The molecule has 3 saturated carbocycles. The highest BCUT2D eigenvalue weighted by Crippen LogP contribution is 2.57. The van der Waals surface area contributed by atoms with Crippen molar-refractivity contribution in [2.45, 2.75) is 63.1 Å². The first-order valence-electron chi connectivity index (χ1n) is 12.0. The molecular formula is C24H26F2N6O4. The van der Waals surface area contributed by atoms with Crippen molar-refractivity contribution < 1.29 is 27.8 Å². The molecule has 3 fully saturated rings. The number of aromatic nitrogens is 4. The van der Waals surface area contributed by atoms with E-state index < -0.39 is 18.9 Å². The average molecular weight is 501 g/mol. The van der Waals surface area contributed by atoms with Gasteiger partial charge < -0.3 is 20.5 Å². The molecule has 36 heavy (non-hydrogen) atoms. The largest absolute Gasteiger partial charge is 0.486 e. The summed E-state index contributed by atoms with van der Waals surface area (Å²) in [5.41, 5.74) is 6.93. The normalized spacial score (nSPS) is 25.0. The summed E-state index contributed by atoms with van der Waals surface area (Å²) in [5.74, 6) is -0.200. The number of pyridine rings is 1. The summed E-state index contributed by atoms with van der Waals surface area (Å²) in [6.45, 7) is -0.703. The van der Waals surface area contributed by atoms with E-state index in [4.69, 9.17) is 15.2 Å². The number of primary amides is 1. The number of alkyl halides is 2. The molecule has 0 saturated heterocycles. The van der Waals surface area contributed by atoms with E-state index in [2.05, 4.69) is 15.5 Å². The lowest BCUT2D eigenvalue weighted by Crippen LogP contribution is -2.58. The lowest BCUT2D eigenvalue weighted by molar-refractivity contribution is -0.0849. The average Bonchev–Trinajstić information content (AvgIpc) is 3.41. The molecule has 190 valence electrons. The Morgan fingerprint density at radius 1 is 1.17 bits per heavy atom. The number of ether oxygens (including phenoxy) is 2. The summed E-state index contributed by atoms with van der Waals surface area (Å²) in [5, 5.41) is 11.6. The summed E-state index contributed by atoms with van der Waals surface area (Å²) < 4.78 is 38.9. The Labute approximate surface area is 204 Å². The van der Waals surface area contributed by atoms with Gasteiger partial charge in [0, 0.05) is 12.2 Å². The third-order valence-electron chi connectivity index (χ3n) is 7.29. The molecule has 2 amide bonds. The zero-order valence-electron chi connectivity index (χ0n) is 19.4. The number of rotatable bonds is 9. The molecule has 3 aromatic heterocycles. The minimum Gasteiger partial charge on any atom is -0.486 e. The molecular weight excluding hydrogens is 474 g/mol. The Morgan fingerprint density at radius 2 is 1.94 bits per heavy atom. The van der Waals surface area contributed by atoms with Crippen molar-refractivity contribution in [3.63, 3.8) is 0 Å². The summed E-state index contributed by atoms with van der Waals surface area (Å²) in [6.07, 6.45) is 7.49. The fraction of sp³-hybridized carbons (Fsp3) is 0.500. The van der Waals surface area contributed by atoms with Gasteiger partial charge in [0.25, 0.3) is 18.2 Å². The first-order valence-corrected chi connectivity index (χ1v) is 12.0. The number of hydrogen-bond acceptors (Lipinski definition) is 6. The molecule has 0 aromatic carbocycles. The van der Waals surface area contributed by atoms with Crippen LogP contribution < -0.4 is 20.5 Å². The van der Waals surface area contributed by atoms with Crippen molar-refractivity contribution in [1.29, 1.82) is 0 Å². The van der Waals surface area contributed by atoms with Crippen LogP contribution >= 0.6 is 0 Å². The second-order valence-electron chi connectivity index (χ2n) is 10.1. The van der Waals surface area contributed by atoms with Crippen LogP contribution in [0, 0.1) is 5.41 Å². The maximum absolute atomic E-state index is 12.8. The van der Waals surface area contributed by atoms with Gasteiger partial charge in [0.15, 0.2) is 0 Å². The molecule has 3 heterocycles. The summed E-state index contributed by atoms with van der Waals surface area (Å²) >= 11 is 0. The van der Waals surface area contributed by atoms with E-state index in [9.17, 15) is 18.4 Å². The maximum atomic E-state index is 12.8. The highest BCUT2D eigenvalue weighted by atomic mass is 19.3. The van der Waals surface area contributed by atoms with E-state index in [-0.39, 0.29) is 29.2 Å². The van der Waals surface area contributed by atoms with Gasteiger partial charge in [-0.25, -0.2) is 13.3 Å². The number of nitrogens with zero attached hydrogens (tertiary/aromatic N) is 4. The third kappa shape index (κ3) is 4.24. The van der Waals surface area contributed by atoms with Crippen LogP contribution in [0.15, 0.2) is 30.7 Å². The number of hydrogen-bond donors (Lipinski definition) is 2. The van der Waals surface area contributed by atoms with E-state index >= 15 is 0 Å². The van der Waals surface area contributed by atoms with Gasteiger partial charge in [-0.15, -0.1) is 5.10 Å². The van der Waals surface area contributed by atoms with E-state index in [0.29, 0.717) is 28.6 Å². The maximum Gasteiger partial charge on any atom is 0.272 e. The molecule has 1 spiro atoms. The Bertz CT molecular complexity index is 1320. The van der Waals surface area contributed by atoms with Gasteiger partial charge in [-0.2, -0.15) is 5.10 Å². The number of carbonyl (C=O) groups is 2. The molecule has 3 aliphatic rings. The molecule has 3 aliphatic carbocycles. The minimum atomic E-state index is -2.57. The van der Waals surface area contributed by atoms with Gasteiger partial charge >= 0.3 is 0 Å². The lowest BCUT2D eigenvalue weighted by atomic mass is 9.53. The van der Waals surface area contributed by atoms with Crippen LogP contribution in [-0.2, 0) is 0 Å². The molecule has 3 aromatic rings. The van der Waals surface area contributed by atoms with Crippen LogP contribution in [-0.4, -0.2) is 56.4 Å². The van der Waals surface area contributed by atoms with E-state index in [1.165, 1.54) is 16.9 Å². The Balaban J connectivity index is 1.01. The highest BCUT2D eigenvalue weighted by Gasteiger charge is 2.54. The van der Waals surface area contributed by atoms with E-state index in [1.807, 2.05) is 0 Å². The number of amides is 2. The van der Waals surface area contributed by atoms with Crippen LogP contribution in [0.25, 0.3) is 5.52 Å². The number of carbonyl (C=O) groups excluding carboxylic acids is 2. The SMILES string of the molecule is NC(=O)c1cn(C2CC2)nc1OC1CC2(CC(NC(=O)c3cnn4cc(OCC(F)F)ccc34)C2)C1. The Hall–Kier alpha value is -3.70. The zero-order valence-corrected chi connectivity index (χ0v) is 19.4. The predicted octanol–water partition coefficient (Wildman–Crippen LogP) is 2.73. The summed E-state index contributed by atoms with van der Waals surface area (Å²) in [6, 6.07) is 3.56. The van der Waals surface area contributed by atoms with Crippen molar-refractivity contribution in [2.24, 2.45) is 11.1 Å². The fourth-order valence-electron chi connectivity index (χ4n) is 5.37. The summed E-state index contributed by atoms with van der Waals surface area (Å²) in [4.78, 5) is 24.6. The molecule has 10 nitrogen and oxygen atoms in total. The first kappa shape index (κ1) is 22.7. The molecule has 0 radical (unpaired) electrons. The topological polar surface area (TPSA) is 126 Å². The zero-order chi connectivity index (χ0) is 25.0. The minimum absolute atomic E-state index is 0.0246. The second kappa shape index (κ2) is 8.45. The van der Waals surface area contributed by atoms with Crippen LogP contribution in [0.1, 0.15) is 65.3 Å². The quantitative estimate of drug-likeness (QED) is 0.465. The third-order valence-corrected chi connectivity index (χ3v) is 7.29. The first-order chi connectivity index (χ1) is 17.3. The van der Waals surface area contributed by atoms with Gasteiger partial charge in [0.2, 0.25) is 5.88 Å². The molecule has 6 rings (SSSR count). The lowest BCUT2D eigenvalue weighted by Gasteiger charge is -2.57. The number of halogens is 2. The monoisotopic (exact) mass is 500 g/mol. The molecule has 0 atom stereocenters. The predicted molar refractivity (Wildman–Crippen MR) is 122 cm³/mol. The molecule has 0 aliphatic heterocycles. The van der Waals surface area contributed by atoms with Gasteiger partial charge in [-0.1, -0.05) is 0 Å². The molecule has 3 N–H and O–H groups in total. The Morgan fingerprint density at radius 3 is 2.64 bits per heavy atom. The molecule has 12 heteroatoms. The molecule has 0 unspecified atom stereocenters. The Kier molecular flexibility index (Phi) is 5.34. The van der Waals surface area contributed by atoms with Crippen molar-refractivity contribution in [2.75, 3.05) is 6.61 Å². The van der Waals surface area contributed by atoms with Crippen LogP contribution in [0.2, 0.25) is 0 Å². The van der Waals surface area contributed by atoms with Gasteiger partial charge in [-0.05, 0) is 56.1 Å². The fourth-order valence-corrected chi connectivity index (χ4v) is 5.37. The standard InChI is InChI=1S/C24H26F2N6O4/c25-20(26)12-35-15-3-4-19-17(9-28-32(19)10-15)22(34)29-13-5-24(6-13)7-16(8-24)36-23-18(21(27)33)11-31(30-23)14-1-2-14/h3-4,9-11,13-14,16,20H,1-2,5-8,12H2,(H2,27,33)(H,29,34).